The molecule has 1 heterocycles. The lowest BCUT2D eigenvalue weighted by Crippen LogP contribution is -2.28. The number of hydrogen-bond acceptors (Lipinski definition) is 5. The highest BCUT2D eigenvalue weighted by Gasteiger charge is 2.16. The number of carbonyl (C=O) groups is 1. The smallest absolute Gasteiger partial charge is 0.233 e. The van der Waals surface area contributed by atoms with Crippen LogP contribution in [0.25, 0.3) is 0 Å². The number of benzene rings is 1. The van der Waals surface area contributed by atoms with Gasteiger partial charge >= 0.3 is 0 Å². The summed E-state index contributed by atoms with van der Waals surface area (Å²) in [7, 11) is 1.79. The minimum Gasteiger partial charge on any atom is -0.341 e. The Morgan fingerprint density at radius 1 is 1.32 bits per heavy atom. The van der Waals surface area contributed by atoms with Gasteiger partial charge in [0.25, 0.3) is 0 Å². The lowest BCUT2D eigenvalue weighted by Gasteiger charge is -2.16. The Morgan fingerprint density at radius 2 is 2.00 bits per heavy atom. The van der Waals surface area contributed by atoms with Gasteiger partial charge in [-0.25, -0.2) is 4.68 Å². The van der Waals surface area contributed by atoms with Gasteiger partial charge < -0.3 is 10.7 Å². The molecule has 118 valence electrons. The maximum Gasteiger partial charge on any atom is 0.233 e. The molecule has 0 aliphatic heterocycles. The van der Waals surface area contributed by atoms with E-state index >= 15 is 0 Å². The third-order valence-corrected chi connectivity index (χ3v) is 4.15. The van der Waals surface area contributed by atoms with Gasteiger partial charge in [-0.15, -0.1) is 10.2 Å². The Hall–Kier alpha value is -2.02. The largest absolute Gasteiger partial charge is 0.341 e. The van der Waals surface area contributed by atoms with Crippen LogP contribution in [0.4, 0.5) is 0 Å². The van der Waals surface area contributed by atoms with E-state index in [-0.39, 0.29) is 17.6 Å². The van der Waals surface area contributed by atoms with E-state index in [1.54, 1.807) is 11.9 Å². The van der Waals surface area contributed by atoms with E-state index in [4.69, 9.17) is 5.84 Å². The second-order valence-electron chi connectivity index (χ2n) is 5.39. The molecule has 1 amide bonds. The zero-order valence-corrected chi connectivity index (χ0v) is 13.9. The second kappa shape index (κ2) is 7.31. The van der Waals surface area contributed by atoms with Crippen molar-refractivity contribution in [1.29, 1.82) is 0 Å². The number of nitrogen functional groups attached to an aromatic ring is 1. The van der Waals surface area contributed by atoms with Gasteiger partial charge in [0.15, 0.2) is 5.82 Å². The van der Waals surface area contributed by atoms with Crippen molar-refractivity contribution >= 4 is 17.7 Å². The van der Waals surface area contributed by atoms with Crippen molar-refractivity contribution in [3.8, 4) is 0 Å². The van der Waals surface area contributed by atoms with Crippen molar-refractivity contribution in [3.05, 3.63) is 41.7 Å². The number of nitrogens with zero attached hydrogens (tertiary/aromatic N) is 4. The van der Waals surface area contributed by atoms with Crippen molar-refractivity contribution in [3.63, 3.8) is 0 Å². The van der Waals surface area contributed by atoms with E-state index in [0.717, 1.165) is 5.56 Å². The normalized spacial score (nSPS) is 10.9. The van der Waals surface area contributed by atoms with E-state index in [1.165, 1.54) is 16.4 Å². The van der Waals surface area contributed by atoms with Crippen LogP contribution in [0.5, 0.6) is 0 Å². The SMILES string of the molecule is CC(C)c1nnc(SCC(=O)N(C)Cc2ccccc2)n1N. The Bertz CT molecular complexity index is 626. The highest BCUT2D eigenvalue weighted by atomic mass is 32.2. The summed E-state index contributed by atoms with van der Waals surface area (Å²) in [6.07, 6.45) is 0. The van der Waals surface area contributed by atoms with Crippen LogP contribution in [0.3, 0.4) is 0 Å². The van der Waals surface area contributed by atoms with Crippen molar-refractivity contribution in [1.82, 2.24) is 19.8 Å². The first-order valence-electron chi connectivity index (χ1n) is 7.10. The minimum atomic E-state index is 0.0305. The second-order valence-corrected chi connectivity index (χ2v) is 6.33. The van der Waals surface area contributed by atoms with Crippen LogP contribution in [0.15, 0.2) is 35.5 Å². The third kappa shape index (κ3) is 4.00. The van der Waals surface area contributed by atoms with E-state index in [2.05, 4.69) is 10.2 Å². The first-order chi connectivity index (χ1) is 10.5. The van der Waals surface area contributed by atoms with Gasteiger partial charge in [-0.05, 0) is 5.56 Å². The fourth-order valence-corrected chi connectivity index (χ4v) is 2.77. The maximum atomic E-state index is 12.2. The van der Waals surface area contributed by atoms with Crippen LogP contribution in [-0.4, -0.2) is 38.5 Å². The van der Waals surface area contributed by atoms with Gasteiger partial charge in [0.1, 0.15) is 0 Å². The predicted octanol–water partition coefficient (Wildman–Crippen LogP) is 1.87. The quantitative estimate of drug-likeness (QED) is 0.649. The Kier molecular flexibility index (Phi) is 5.43. The topological polar surface area (TPSA) is 77.0 Å². The van der Waals surface area contributed by atoms with Crippen LogP contribution in [-0.2, 0) is 11.3 Å². The summed E-state index contributed by atoms with van der Waals surface area (Å²) in [6.45, 7) is 4.59. The molecule has 22 heavy (non-hydrogen) atoms. The van der Waals surface area contributed by atoms with Crippen LogP contribution < -0.4 is 5.84 Å². The van der Waals surface area contributed by atoms with E-state index in [1.807, 2.05) is 44.2 Å². The lowest BCUT2D eigenvalue weighted by molar-refractivity contribution is -0.127. The Morgan fingerprint density at radius 3 is 2.59 bits per heavy atom. The minimum absolute atomic E-state index is 0.0305. The molecule has 2 N–H and O–H groups in total. The highest BCUT2D eigenvalue weighted by molar-refractivity contribution is 7.99. The summed E-state index contributed by atoms with van der Waals surface area (Å²) in [5.74, 6) is 7.17. The van der Waals surface area contributed by atoms with Crippen molar-refractivity contribution in [2.75, 3.05) is 18.6 Å². The molecule has 1 aromatic heterocycles. The number of carbonyl (C=O) groups excluding carboxylic acids is 1. The molecule has 0 fully saturated rings. The summed E-state index contributed by atoms with van der Waals surface area (Å²) < 4.78 is 1.46. The molecule has 7 heteroatoms. The van der Waals surface area contributed by atoms with Crippen LogP contribution in [0.2, 0.25) is 0 Å². The summed E-state index contributed by atoms with van der Waals surface area (Å²) in [5, 5.41) is 8.64. The first-order valence-corrected chi connectivity index (χ1v) is 8.08. The van der Waals surface area contributed by atoms with Gasteiger partial charge in [0, 0.05) is 19.5 Å². The fourth-order valence-electron chi connectivity index (χ4n) is 1.96. The lowest BCUT2D eigenvalue weighted by atomic mass is 10.2. The monoisotopic (exact) mass is 319 g/mol. The van der Waals surface area contributed by atoms with Crippen LogP contribution in [0.1, 0.15) is 31.2 Å². The van der Waals surface area contributed by atoms with Gasteiger partial charge in [0.05, 0.1) is 5.75 Å². The number of amides is 1. The van der Waals surface area contributed by atoms with Crippen LogP contribution >= 0.6 is 11.8 Å². The zero-order valence-electron chi connectivity index (χ0n) is 13.1. The summed E-state index contributed by atoms with van der Waals surface area (Å²) >= 11 is 1.31. The molecule has 0 unspecified atom stereocenters. The number of rotatable bonds is 6. The Labute approximate surface area is 134 Å². The molecule has 0 spiro atoms. The van der Waals surface area contributed by atoms with E-state index in [0.29, 0.717) is 17.5 Å². The number of thioether (sulfide) groups is 1. The molecule has 0 atom stereocenters. The van der Waals surface area contributed by atoms with Gasteiger partial charge in [-0.2, -0.15) is 0 Å². The van der Waals surface area contributed by atoms with Gasteiger partial charge in [-0.1, -0.05) is 55.9 Å². The number of hydrogen-bond donors (Lipinski definition) is 1. The highest BCUT2D eigenvalue weighted by Crippen LogP contribution is 2.19. The maximum absolute atomic E-state index is 12.2. The molecule has 2 rings (SSSR count). The fraction of sp³-hybridized carbons (Fsp3) is 0.400. The molecule has 0 saturated carbocycles. The zero-order chi connectivity index (χ0) is 16.1. The van der Waals surface area contributed by atoms with Crippen molar-refractivity contribution in [2.24, 2.45) is 0 Å². The van der Waals surface area contributed by atoms with Crippen molar-refractivity contribution in [2.45, 2.75) is 31.5 Å². The van der Waals surface area contributed by atoms with E-state index in [9.17, 15) is 4.79 Å². The standard InChI is InChI=1S/C15H21N5OS/c1-11(2)14-17-18-15(20(14)16)22-10-13(21)19(3)9-12-7-5-4-6-8-12/h4-8,11H,9-10,16H2,1-3H3. The van der Waals surface area contributed by atoms with Crippen molar-refractivity contribution < 1.29 is 4.79 Å². The molecule has 0 saturated heterocycles. The Balaban J connectivity index is 1.90. The molecule has 0 aliphatic rings. The van der Waals surface area contributed by atoms with E-state index < -0.39 is 0 Å². The number of nitrogens with two attached hydrogens (primary N) is 1. The molecule has 0 radical (unpaired) electrons. The molecule has 0 aliphatic carbocycles. The summed E-state index contributed by atoms with van der Waals surface area (Å²) in [6, 6.07) is 9.89. The summed E-state index contributed by atoms with van der Waals surface area (Å²) in [5.41, 5.74) is 1.10. The average Bonchev–Trinajstić information content (AvgIpc) is 2.87. The molecule has 2 aromatic rings. The molecular formula is C15H21N5OS. The summed E-state index contributed by atoms with van der Waals surface area (Å²) in [4.78, 5) is 13.9. The molecule has 0 bridgehead atoms. The van der Waals surface area contributed by atoms with Gasteiger partial charge in [0.2, 0.25) is 11.1 Å². The molecule has 6 nitrogen and oxygen atoms in total. The average molecular weight is 319 g/mol. The molecule has 1 aromatic carbocycles. The number of aromatic nitrogens is 3. The van der Waals surface area contributed by atoms with Gasteiger partial charge in [-0.3, -0.25) is 4.79 Å². The third-order valence-electron chi connectivity index (χ3n) is 3.22. The first kappa shape index (κ1) is 16.4. The van der Waals surface area contributed by atoms with Crippen LogP contribution in [0, 0.1) is 0 Å². The predicted molar refractivity (Wildman–Crippen MR) is 87.9 cm³/mol. The molecular weight excluding hydrogens is 298 g/mol.